The molecule has 0 bridgehead atoms. The fourth-order valence-electron chi connectivity index (χ4n) is 1.15. The molecule has 1 aliphatic heterocycles. The third-order valence-electron chi connectivity index (χ3n) is 2.05. The molecule has 0 radical (unpaired) electrons. The largest absolute Gasteiger partial charge is 0.503 e. The van der Waals surface area contributed by atoms with E-state index in [0.29, 0.717) is 0 Å². The second-order valence-electron chi connectivity index (χ2n) is 3.05. The Labute approximate surface area is 76.5 Å². The van der Waals surface area contributed by atoms with Crippen LogP contribution in [0.2, 0.25) is 0 Å². The summed E-state index contributed by atoms with van der Waals surface area (Å²) in [5.74, 6) is -0.343. The van der Waals surface area contributed by atoms with Gasteiger partial charge in [-0.2, -0.15) is 0 Å². The van der Waals surface area contributed by atoms with Crippen molar-refractivity contribution in [3.8, 4) is 0 Å². The Kier molecular flexibility index (Phi) is 2.68. The first-order valence-electron chi connectivity index (χ1n) is 3.89. The Morgan fingerprint density at radius 1 is 1.54 bits per heavy atom. The molecule has 2 atom stereocenters. The minimum Gasteiger partial charge on any atom is -0.503 e. The first kappa shape index (κ1) is 10.1. The Hall–Kier alpha value is -0.940. The van der Waals surface area contributed by atoms with Gasteiger partial charge in [-0.15, -0.1) is 0 Å². The maximum Gasteiger partial charge on any atom is 0.322 e. The van der Waals surface area contributed by atoms with Gasteiger partial charge in [-0.05, 0) is 6.92 Å². The van der Waals surface area contributed by atoms with Gasteiger partial charge in [-0.1, -0.05) is 0 Å². The molecule has 2 N–H and O–H groups in total. The van der Waals surface area contributed by atoms with Gasteiger partial charge in [0.1, 0.15) is 0 Å². The summed E-state index contributed by atoms with van der Waals surface area (Å²) in [7, 11) is 2.85. The van der Waals surface area contributed by atoms with Crippen molar-refractivity contribution in [1.29, 1.82) is 0 Å². The molecule has 0 spiro atoms. The minimum atomic E-state index is -1.44. The number of rotatable bonds is 3. The van der Waals surface area contributed by atoms with E-state index in [-0.39, 0.29) is 18.3 Å². The van der Waals surface area contributed by atoms with E-state index in [4.69, 9.17) is 14.2 Å². The maximum atomic E-state index is 9.76. The van der Waals surface area contributed by atoms with Gasteiger partial charge in [0.25, 0.3) is 0 Å². The van der Waals surface area contributed by atoms with Crippen molar-refractivity contribution in [3.05, 3.63) is 11.7 Å². The quantitative estimate of drug-likeness (QED) is 0.663. The van der Waals surface area contributed by atoms with Crippen LogP contribution < -0.4 is 0 Å². The summed E-state index contributed by atoms with van der Waals surface area (Å²) in [6.07, 6.45) is -0.632. The van der Waals surface area contributed by atoms with Crippen LogP contribution in [0.4, 0.5) is 0 Å². The van der Waals surface area contributed by atoms with Gasteiger partial charge in [-0.25, -0.2) is 0 Å². The highest BCUT2D eigenvalue weighted by molar-refractivity contribution is 5.17. The summed E-state index contributed by atoms with van der Waals surface area (Å²) in [5.41, 5.74) is -1.44. The third kappa shape index (κ3) is 1.57. The molecule has 76 valence electrons. The van der Waals surface area contributed by atoms with E-state index < -0.39 is 11.7 Å². The number of methoxy groups -OCH3 is 2. The van der Waals surface area contributed by atoms with Gasteiger partial charge in [0.15, 0.2) is 11.7 Å². The van der Waals surface area contributed by atoms with Gasteiger partial charge >= 0.3 is 5.95 Å². The van der Waals surface area contributed by atoms with Crippen LogP contribution >= 0.6 is 0 Å². The first-order valence-corrected chi connectivity index (χ1v) is 3.89. The second-order valence-corrected chi connectivity index (χ2v) is 3.05. The average Bonchev–Trinajstić information content (AvgIpc) is 2.29. The Morgan fingerprint density at radius 3 is 2.54 bits per heavy atom. The monoisotopic (exact) mass is 190 g/mol. The summed E-state index contributed by atoms with van der Waals surface area (Å²) >= 11 is 0. The highest BCUT2D eigenvalue weighted by Gasteiger charge is 2.47. The summed E-state index contributed by atoms with van der Waals surface area (Å²) in [5, 5.41) is 19.2. The standard InChI is InChI=1S/C8H14O5/c1-8(10)5(4-11-2)13-7(12-3)6(8)9/h5,9-10H,4H2,1-3H3/t5?,8-/m0/s1. The van der Waals surface area contributed by atoms with Crippen LogP contribution in [0.25, 0.3) is 0 Å². The number of aliphatic hydroxyl groups is 2. The molecule has 1 rings (SSSR count). The molecule has 0 fully saturated rings. The van der Waals surface area contributed by atoms with Crippen LogP contribution in [0.15, 0.2) is 11.7 Å². The fourth-order valence-corrected chi connectivity index (χ4v) is 1.15. The molecule has 0 amide bonds. The molecule has 1 unspecified atom stereocenters. The molecular weight excluding hydrogens is 176 g/mol. The molecule has 5 heteroatoms. The van der Waals surface area contributed by atoms with E-state index in [1.807, 2.05) is 0 Å². The predicted octanol–water partition coefficient (Wildman–Crippen LogP) is 0.156. The van der Waals surface area contributed by atoms with E-state index in [0.717, 1.165) is 0 Å². The Morgan fingerprint density at radius 2 is 2.15 bits per heavy atom. The lowest BCUT2D eigenvalue weighted by Gasteiger charge is -2.22. The van der Waals surface area contributed by atoms with Crippen LogP contribution in [0.1, 0.15) is 6.92 Å². The molecule has 0 aromatic rings. The number of ether oxygens (including phenoxy) is 3. The van der Waals surface area contributed by atoms with E-state index in [1.165, 1.54) is 21.1 Å². The highest BCUT2D eigenvalue weighted by Crippen LogP contribution is 2.33. The van der Waals surface area contributed by atoms with Crippen LogP contribution in [-0.4, -0.2) is 42.7 Å². The van der Waals surface area contributed by atoms with Gasteiger partial charge < -0.3 is 24.4 Å². The van der Waals surface area contributed by atoms with Crippen molar-refractivity contribution in [3.63, 3.8) is 0 Å². The van der Waals surface area contributed by atoms with Crippen molar-refractivity contribution >= 4 is 0 Å². The molecule has 1 aliphatic rings. The second kappa shape index (κ2) is 3.43. The fraction of sp³-hybridized carbons (Fsp3) is 0.750. The lowest BCUT2D eigenvalue weighted by atomic mass is 10.00. The van der Waals surface area contributed by atoms with E-state index in [9.17, 15) is 10.2 Å². The van der Waals surface area contributed by atoms with Gasteiger partial charge in [-0.3, -0.25) is 0 Å². The van der Waals surface area contributed by atoms with Crippen molar-refractivity contribution in [2.45, 2.75) is 18.6 Å². The van der Waals surface area contributed by atoms with Crippen LogP contribution in [-0.2, 0) is 14.2 Å². The Bertz CT molecular complexity index is 221. The number of hydrogen-bond acceptors (Lipinski definition) is 5. The summed E-state index contributed by atoms with van der Waals surface area (Å²) in [6, 6.07) is 0. The molecule has 0 saturated heterocycles. The van der Waals surface area contributed by atoms with Gasteiger partial charge in [0.05, 0.1) is 13.7 Å². The van der Waals surface area contributed by atoms with Gasteiger partial charge in [0.2, 0.25) is 5.76 Å². The first-order chi connectivity index (χ1) is 6.04. The lowest BCUT2D eigenvalue weighted by Crippen LogP contribution is -2.40. The van der Waals surface area contributed by atoms with E-state index in [2.05, 4.69) is 0 Å². The molecule has 0 aliphatic carbocycles. The van der Waals surface area contributed by atoms with E-state index >= 15 is 0 Å². The average molecular weight is 190 g/mol. The zero-order valence-corrected chi connectivity index (χ0v) is 7.90. The number of aliphatic hydroxyl groups excluding tert-OH is 1. The minimum absolute atomic E-state index is 0.0490. The SMILES string of the molecule is COCC1OC(OC)=C(O)[C@@]1(C)O. The van der Waals surface area contributed by atoms with Crippen molar-refractivity contribution in [2.75, 3.05) is 20.8 Å². The normalized spacial score (nSPS) is 33.4. The summed E-state index contributed by atoms with van der Waals surface area (Å²) in [4.78, 5) is 0. The van der Waals surface area contributed by atoms with Crippen LogP contribution in [0.3, 0.4) is 0 Å². The van der Waals surface area contributed by atoms with Crippen LogP contribution in [0, 0.1) is 0 Å². The predicted molar refractivity (Wildman–Crippen MR) is 44.0 cm³/mol. The highest BCUT2D eigenvalue weighted by atomic mass is 16.7. The molecule has 1 heterocycles. The molecule has 0 saturated carbocycles. The lowest BCUT2D eigenvalue weighted by molar-refractivity contribution is -0.0809. The summed E-state index contributed by atoms with van der Waals surface area (Å²) < 4.78 is 14.7. The van der Waals surface area contributed by atoms with Crippen molar-refractivity contribution < 1.29 is 24.4 Å². The van der Waals surface area contributed by atoms with Crippen molar-refractivity contribution in [2.24, 2.45) is 0 Å². The zero-order chi connectivity index (χ0) is 10.1. The Balaban J connectivity index is 2.80. The number of hydrogen-bond donors (Lipinski definition) is 2. The topological polar surface area (TPSA) is 68.2 Å². The molecule has 0 aromatic heterocycles. The summed E-state index contributed by atoms with van der Waals surface area (Å²) in [6.45, 7) is 1.63. The molecule has 13 heavy (non-hydrogen) atoms. The van der Waals surface area contributed by atoms with Crippen molar-refractivity contribution in [1.82, 2.24) is 0 Å². The maximum absolute atomic E-state index is 9.76. The smallest absolute Gasteiger partial charge is 0.322 e. The van der Waals surface area contributed by atoms with Crippen LogP contribution in [0.5, 0.6) is 0 Å². The molecule has 5 nitrogen and oxygen atoms in total. The van der Waals surface area contributed by atoms with Gasteiger partial charge in [0, 0.05) is 7.11 Å². The zero-order valence-electron chi connectivity index (χ0n) is 7.90. The molecule has 0 aromatic carbocycles. The third-order valence-corrected chi connectivity index (χ3v) is 2.05. The molecular formula is C8H14O5. The van der Waals surface area contributed by atoms with E-state index in [1.54, 1.807) is 0 Å².